The van der Waals surface area contributed by atoms with Crippen molar-refractivity contribution in [1.29, 1.82) is 0 Å². The lowest BCUT2D eigenvalue weighted by molar-refractivity contribution is 0.102. The molecule has 110 valence electrons. The molecule has 0 aromatic carbocycles. The van der Waals surface area contributed by atoms with Crippen molar-refractivity contribution in [3.8, 4) is 0 Å². The molecule has 21 heavy (non-hydrogen) atoms. The van der Waals surface area contributed by atoms with Crippen LogP contribution in [-0.2, 0) is 6.54 Å². The molecular weight excluding hydrogens is 286 g/mol. The van der Waals surface area contributed by atoms with E-state index in [1.165, 1.54) is 49.2 Å². The summed E-state index contributed by atoms with van der Waals surface area (Å²) in [5.41, 5.74) is 1.31. The fourth-order valence-corrected chi connectivity index (χ4v) is 3.06. The van der Waals surface area contributed by atoms with E-state index in [0.717, 1.165) is 25.3 Å². The van der Waals surface area contributed by atoms with E-state index in [1.807, 2.05) is 5.38 Å². The number of rotatable bonds is 4. The number of amides is 1. The Labute approximate surface area is 127 Å². The molecule has 3 heterocycles. The second-order valence-corrected chi connectivity index (χ2v) is 5.88. The molecule has 0 spiro atoms. The number of carbonyl (C=O) groups excluding carboxylic acids is 1. The Bertz CT molecular complexity index is 594. The highest BCUT2D eigenvalue weighted by Gasteiger charge is 2.14. The van der Waals surface area contributed by atoms with Crippen molar-refractivity contribution in [3.63, 3.8) is 0 Å². The SMILES string of the molecule is O=C(Nc1nc(CN2CCCCC2)cs1)c1cnccn1. The molecule has 1 saturated heterocycles. The van der Waals surface area contributed by atoms with Crippen molar-refractivity contribution in [2.45, 2.75) is 25.8 Å². The van der Waals surface area contributed by atoms with Gasteiger partial charge in [-0.15, -0.1) is 11.3 Å². The van der Waals surface area contributed by atoms with Gasteiger partial charge in [0.25, 0.3) is 5.91 Å². The summed E-state index contributed by atoms with van der Waals surface area (Å²) in [5, 5.41) is 5.37. The van der Waals surface area contributed by atoms with Crippen LogP contribution in [-0.4, -0.2) is 38.8 Å². The maximum atomic E-state index is 12.0. The fraction of sp³-hybridized carbons (Fsp3) is 0.429. The second kappa shape index (κ2) is 6.73. The van der Waals surface area contributed by atoms with Gasteiger partial charge >= 0.3 is 0 Å². The van der Waals surface area contributed by atoms with Crippen LogP contribution in [0, 0.1) is 0 Å². The van der Waals surface area contributed by atoms with E-state index in [4.69, 9.17) is 0 Å². The Morgan fingerprint density at radius 2 is 2.14 bits per heavy atom. The Kier molecular flexibility index (Phi) is 4.52. The molecule has 0 unspecified atom stereocenters. The first-order chi connectivity index (χ1) is 10.3. The van der Waals surface area contributed by atoms with Crippen LogP contribution in [0.5, 0.6) is 0 Å². The van der Waals surface area contributed by atoms with E-state index in [1.54, 1.807) is 0 Å². The molecule has 3 rings (SSSR count). The van der Waals surface area contributed by atoms with Crippen LogP contribution < -0.4 is 5.32 Å². The third kappa shape index (κ3) is 3.83. The van der Waals surface area contributed by atoms with E-state index in [2.05, 4.69) is 25.2 Å². The zero-order valence-corrected chi connectivity index (χ0v) is 12.5. The minimum atomic E-state index is -0.276. The maximum absolute atomic E-state index is 12.0. The number of nitrogens with one attached hydrogen (secondary N) is 1. The summed E-state index contributed by atoms with van der Waals surface area (Å²) in [5.74, 6) is -0.276. The van der Waals surface area contributed by atoms with Crippen molar-refractivity contribution in [2.24, 2.45) is 0 Å². The summed E-state index contributed by atoms with van der Waals surface area (Å²) in [6, 6.07) is 0. The smallest absolute Gasteiger partial charge is 0.277 e. The normalized spacial score (nSPS) is 15.8. The highest BCUT2D eigenvalue weighted by molar-refractivity contribution is 7.13. The summed E-state index contributed by atoms with van der Waals surface area (Å²) in [6.07, 6.45) is 8.33. The van der Waals surface area contributed by atoms with Gasteiger partial charge in [0.1, 0.15) is 5.69 Å². The predicted molar refractivity (Wildman–Crippen MR) is 81.2 cm³/mol. The topological polar surface area (TPSA) is 71.0 Å². The average Bonchev–Trinajstić information content (AvgIpc) is 2.96. The van der Waals surface area contributed by atoms with Crippen molar-refractivity contribution >= 4 is 22.4 Å². The number of hydrogen-bond donors (Lipinski definition) is 1. The third-order valence-electron chi connectivity index (χ3n) is 3.40. The summed E-state index contributed by atoms with van der Waals surface area (Å²) in [4.78, 5) is 26.7. The van der Waals surface area contributed by atoms with Crippen LogP contribution in [0.15, 0.2) is 24.0 Å². The fourth-order valence-electron chi connectivity index (χ4n) is 2.36. The number of piperidine rings is 1. The van der Waals surface area contributed by atoms with Crippen molar-refractivity contribution in [2.75, 3.05) is 18.4 Å². The lowest BCUT2D eigenvalue weighted by atomic mass is 10.1. The van der Waals surface area contributed by atoms with Crippen LogP contribution in [0.4, 0.5) is 5.13 Å². The Balaban J connectivity index is 1.58. The molecule has 1 aliphatic rings. The number of aromatic nitrogens is 3. The molecule has 0 radical (unpaired) electrons. The molecule has 1 aliphatic heterocycles. The van der Waals surface area contributed by atoms with Gasteiger partial charge < -0.3 is 0 Å². The van der Waals surface area contributed by atoms with E-state index in [0.29, 0.717) is 10.8 Å². The lowest BCUT2D eigenvalue weighted by Gasteiger charge is -2.25. The molecular formula is C14H17N5OS. The van der Waals surface area contributed by atoms with Gasteiger partial charge in [0.05, 0.1) is 11.9 Å². The number of likely N-dealkylation sites (tertiary alicyclic amines) is 1. The van der Waals surface area contributed by atoms with Gasteiger partial charge in [-0.1, -0.05) is 6.42 Å². The van der Waals surface area contributed by atoms with Crippen molar-refractivity contribution in [3.05, 3.63) is 35.4 Å². The van der Waals surface area contributed by atoms with Gasteiger partial charge in [-0.05, 0) is 25.9 Å². The number of thiazole rings is 1. The summed E-state index contributed by atoms with van der Waals surface area (Å²) in [7, 11) is 0. The number of hydrogen-bond acceptors (Lipinski definition) is 6. The van der Waals surface area contributed by atoms with Crippen LogP contribution in [0.2, 0.25) is 0 Å². The van der Waals surface area contributed by atoms with E-state index in [-0.39, 0.29) is 5.91 Å². The molecule has 6 nitrogen and oxygen atoms in total. The monoisotopic (exact) mass is 303 g/mol. The molecule has 1 fully saturated rings. The molecule has 1 amide bonds. The van der Waals surface area contributed by atoms with Crippen molar-refractivity contribution in [1.82, 2.24) is 19.9 Å². The lowest BCUT2D eigenvalue weighted by Crippen LogP contribution is -2.29. The minimum Gasteiger partial charge on any atom is -0.297 e. The first-order valence-electron chi connectivity index (χ1n) is 7.05. The molecule has 2 aromatic rings. The largest absolute Gasteiger partial charge is 0.297 e. The molecule has 0 aliphatic carbocycles. The zero-order chi connectivity index (χ0) is 14.5. The molecule has 0 atom stereocenters. The zero-order valence-electron chi connectivity index (χ0n) is 11.7. The number of nitrogens with zero attached hydrogens (tertiary/aromatic N) is 4. The second-order valence-electron chi connectivity index (χ2n) is 5.03. The number of anilines is 1. The predicted octanol–water partition coefficient (Wildman–Crippen LogP) is 2.17. The Morgan fingerprint density at radius 1 is 1.29 bits per heavy atom. The van der Waals surface area contributed by atoms with Gasteiger partial charge in [-0.2, -0.15) is 0 Å². The van der Waals surface area contributed by atoms with E-state index in [9.17, 15) is 4.79 Å². The Hall–Kier alpha value is -1.86. The van der Waals surface area contributed by atoms with Crippen LogP contribution in [0.3, 0.4) is 0 Å². The van der Waals surface area contributed by atoms with E-state index >= 15 is 0 Å². The van der Waals surface area contributed by atoms with Gasteiger partial charge in [0.2, 0.25) is 0 Å². The molecule has 0 saturated carbocycles. The van der Waals surface area contributed by atoms with Crippen molar-refractivity contribution < 1.29 is 4.79 Å². The third-order valence-corrected chi connectivity index (χ3v) is 4.21. The first-order valence-corrected chi connectivity index (χ1v) is 7.93. The molecule has 0 bridgehead atoms. The highest BCUT2D eigenvalue weighted by Crippen LogP contribution is 2.19. The van der Waals surface area contributed by atoms with Crippen LogP contribution >= 0.6 is 11.3 Å². The summed E-state index contributed by atoms with van der Waals surface area (Å²) < 4.78 is 0. The van der Waals surface area contributed by atoms with Gasteiger partial charge in [0.15, 0.2) is 5.13 Å². The highest BCUT2D eigenvalue weighted by atomic mass is 32.1. The van der Waals surface area contributed by atoms with E-state index < -0.39 is 0 Å². The van der Waals surface area contributed by atoms with Crippen LogP contribution in [0.1, 0.15) is 35.4 Å². The molecule has 2 aromatic heterocycles. The summed E-state index contributed by atoms with van der Waals surface area (Å²) >= 11 is 1.44. The van der Waals surface area contributed by atoms with Gasteiger partial charge in [-0.3, -0.25) is 20.0 Å². The standard InChI is InChI=1S/C14H17N5OS/c20-13(12-8-15-4-5-16-12)18-14-17-11(10-21-14)9-19-6-2-1-3-7-19/h4-5,8,10H,1-3,6-7,9H2,(H,17,18,20). The van der Waals surface area contributed by atoms with Crippen LogP contribution in [0.25, 0.3) is 0 Å². The first kappa shape index (κ1) is 14.1. The molecule has 1 N–H and O–H groups in total. The minimum absolute atomic E-state index is 0.276. The Morgan fingerprint density at radius 3 is 2.90 bits per heavy atom. The quantitative estimate of drug-likeness (QED) is 0.937. The summed E-state index contributed by atoms with van der Waals surface area (Å²) in [6.45, 7) is 3.13. The number of carbonyl (C=O) groups is 1. The maximum Gasteiger partial charge on any atom is 0.277 e. The van der Waals surface area contributed by atoms with Gasteiger partial charge in [0, 0.05) is 24.3 Å². The molecule has 7 heteroatoms. The van der Waals surface area contributed by atoms with Gasteiger partial charge in [-0.25, -0.2) is 9.97 Å². The average molecular weight is 303 g/mol.